The minimum absolute atomic E-state index is 0.324. The van der Waals surface area contributed by atoms with Crippen LogP contribution in [0.2, 0.25) is 5.02 Å². The molecule has 15 heavy (non-hydrogen) atoms. The van der Waals surface area contributed by atoms with Crippen molar-refractivity contribution in [3.05, 3.63) is 32.4 Å². The van der Waals surface area contributed by atoms with Crippen LogP contribution in [0.25, 0.3) is 0 Å². The Balaban J connectivity index is 2.57. The summed E-state index contributed by atoms with van der Waals surface area (Å²) in [6.07, 6.45) is 0.367. The second kappa shape index (κ2) is 6.68. The van der Waals surface area contributed by atoms with Gasteiger partial charge in [-0.2, -0.15) is 0 Å². The van der Waals surface area contributed by atoms with E-state index in [1.54, 1.807) is 6.07 Å². The van der Waals surface area contributed by atoms with Crippen molar-refractivity contribution in [2.24, 2.45) is 0 Å². The smallest absolute Gasteiger partial charge is 0.102 e. The standard InChI is InChI=1S/C11H14ClIO2/c1-2-5-15-7-11(14)8-3-4-10(13)9(12)6-8/h3-4,6,11,14H,2,5,7H2,1H3. The van der Waals surface area contributed by atoms with Crippen LogP contribution in [0.15, 0.2) is 18.2 Å². The summed E-state index contributed by atoms with van der Waals surface area (Å²) in [4.78, 5) is 0. The fourth-order valence-corrected chi connectivity index (χ4v) is 1.68. The molecule has 2 nitrogen and oxygen atoms in total. The minimum Gasteiger partial charge on any atom is -0.386 e. The van der Waals surface area contributed by atoms with Gasteiger partial charge in [-0.25, -0.2) is 0 Å². The van der Waals surface area contributed by atoms with Crippen LogP contribution in [-0.4, -0.2) is 18.3 Å². The summed E-state index contributed by atoms with van der Waals surface area (Å²) in [5.74, 6) is 0. The molecule has 0 spiro atoms. The highest BCUT2D eigenvalue weighted by Gasteiger charge is 2.09. The van der Waals surface area contributed by atoms with E-state index in [1.807, 2.05) is 19.1 Å². The van der Waals surface area contributed by atoms with Gasteiger partial charge in [0.15, 0.2) is 0 Å². The van der Waals surface area contributed by atoms with E-state index in [2.05, 4.69) is 22.6 Å². The van der Waals surface area contributed by atoms with Crippen LogP contribution in [0.1, 0.15) is 25.0 Å². The van der Waals surface area contributed by atoms with Crippen molar-refractivity contribution in [1.29, 1.82) is 0 Å². The highest BCUT2D eigenvalue weighted by Crippen LogP contribution is 2.23. The monoisotopic (exact) mass is 340 g/mol. The minimum atomic E-state index is -0.592. The third-order valence-electron chi connectivity index (χ3n) is 1.95. The first-order chi connectivity index (χ1) is 7.15. The zero-order valence-corrected chi connectivity index (χ0v) is 11.5. The molecule has 84 valence electrons. The predicted octanol–water partition coefficient (Wildman–Crippen LogP) is 3.40. The van der Waals surface area contributed by atoms with Gasteiger partial charge in [0.2, 0.25) is 0 Å². The van der Waals surface area contributed by atoms with E-state index in [-0.39, 0.29) is 0 Å². The first-order valence-corrected chi connectivity index (χ1v) is 6.31. The molecule has 0 radical (unpaired) electrons. The summed E-state index contributed by atoms with van der Waals surface area (Å²) in [5.41, 5.74) is 0.802. The molecule has 1 aromatic carbocycles. The van der Waals surface area contributed by atoms with E-state index in [1.165, 1.54) is 0 Å². The third-order valence-corrected chi connectivity index (χ3v) is 3.52. The summed E-state index contributed by atoms with van der Waals surface area (Å²) < 4.78 is 6.26. The van der Waals surface area contributed by atoms with Gasteiger partial charge in [0.05, 0.1) is 11.6 Å². The van der Waals surface area contributed by atoms with Gasteiger partial charge >= 0.3 is 0 Å². The quantitative estimate of drug-likeness (QED) is 0.657. The molecule has 1 N–H and O–H groups in total. The Morgan fingerprint density at radius 1 is 1.53 bits per heavy atom. The molecule has 0 fully saturated rings. The molecule has 0 saturated heterocycles. The molecule has 0 saturated carbocycles. The number of benzene rings is 1. The SMILES string of the molecule is CCCOCC(O)c1ccc(I)c(Cl)c1. The molecule has 1 unspecified atom stereocenters. The summed E-state index contributed by atoms with van der Waals surface area (Å²) in [6.45, 7) is 3.04. The molecule has 0 aromatic heterocycles. The normalized spacial score (nSPS) is 12.8. The van der Waals surface area contributed by atoms with Gasteiger partial charge in [-0.3, -0.25) is 0 Å². The van der Waals surface area contributed by atoms with E-state index in [0.717, 1.165) is 15.6 Å². The average Bonchev–Trinajstić information content (AvgIpc) is 2.22. The first-order valence-electron chi connectivity index (χ1n) is 4.86. The Hall–Kier alpha value is 0.160. The second-order valence-electron chi connectivity index (χ2n) is 3.26. The molecule has 0 aliphatic rings. The van der Waals surface area contributed by atoms with Crippen LogP contribution < -0.4 is 0 Å². The zero-order valence-electron chi connectivity index (χ0n) is 8.54. The van der Waals surface area contributed by atoms with Gasteiger partial charge < -0.3 is 9.84 Å². The summed E-state index contributed by atoms with van der Waals surface area (Å²) in [5, 5.41) is 10.4. The van der Waals surface area contributed by atoms with Gasteiger partial charge in [-0.05, 0) is 46.7 Å². The van der Waals surface area contributed by atoms with E-state index < -0.39 is 6.10 Å². The van der Waals surface area contributed by atoms with Crippen LogP contribution in [0.5, 0.6) is 0 Å². The van der Waals surface area contributed by atoms with Crippen molar-refractivity contribution in [3.8, 4) is 0 Å². The highest BCUT2D eigenvalue weighted by atomic mass is 127. The van der Waals surface area contributed by atoms with Gasteiger partial charge in [-0.1, -0.05) is 24.6 Å². The van der Waals surface area contributed by atoms with Crippen LogP contribution >= 0.6 is 34.2 Å². The van der Waals surface area contributed by atoms with Gasteiger partial charge in [0.25, 0.3) is 0 Å². The Kier molecular flexibility index (Phi) is 5.89. The van der Waals surface area contributed by atoms with E-state index in [0.29, 0.717) is 18.2 Å². The predicted molar refractivity (Wildman–Crippen MR) is 70.2 cm³/mol. The highest BCUT2D eigenvalue weighted by molar-refractivity contribution is 14.1. The number of rotatable bonds is 5. The van der Waals surface area contributed by atoms with Crippen LogP contribution in [0.3, 0.4) is 0 Å². The Morgan fingerprint density at radius 3 is 2.87 bits per heavy atom. The topological polar surface area (TPSA) is 29.5 Å². The van der Waals surface area contributed by atoms with E-state index in [4.69, 9.17) is 16.3 Å². The maximum atomic E-state index is 9.78. The average molecular weight is 341 g/mol. The third kappa shape index (κ3) is 4.26. The first kappa shape index (κ1) is 13.2. The van der Waals surface area contributed by atoms with Gasteiger partial charge in [-0.15, -0.1) is 0 Å². The fourth-order valence-electron chi connectivity index (χ4n) is 1.16. The zero-order chi connectivity index (χ0) is 11.3. The van der Waals surface area contributed by atoms with Crippen LogP contribution in [0, 0.1) is 3.57 Å². The van der Waals surface area contributed by atoms with Crippen LogP contribution in [0.4, 0.5) is 0 Å². The Labute approximate surface area is 109 Å². The molecule has 0 amide bonds. The van der Waals surface area contributed by atoms with Crippen molar-refractivity contribution < 1.29 is 9.84 Å². The number of hydrogen-bond donors (Lipinski definition) is 1. The van der Waals surface area contributed by atoms with Crippen molar-refractivity contribution in [3.63, 3.8) is 0 Å². The van der Waals surface area contributed by atoms with Crippen molar-refractivity contribution in [2.75, 3.05) is 13.2 Å². The second-order valence-corrected chi connectivity index (χ2v) is 4.83. The summed E-state index contributed by atoms with van der Waals surface area (Å²) in [6, 6.07) is 5.54. The molecule has 1 aromatic rings. The van der Waals surface area contributed by atoms with Gasteiger partial charge in [0, 0.05) is 10.2 Å². The lowest BCUT2D eigenvalue weighted by Gasteiger charge is -2.11. The molecular weight excluding hydrogens is 326 g/mol. The molecular formula is C11H14ClIO2. The number of aliphatic hydroxyl groups excluding tert-OH is 1. The molecule has 0 aliphatic heterocycles. The summed E-state index contributed by atoms with van der Waals surface area (Å²) >= 11 is 8.11. The fraction of sp³-hybridized carbons (Fsp3) is 0.455. The largest absolute Gasteiger partial charge is 0.386 e. The lowest BCUT2D eigenvalue weighted by molar-refractivity contribution is 0.0364. The lowest BCUT2D eigenvalue weighted by atomic mass is 10.1. The number of halogens is 2. The molecule has 0 aliphatic carbocycles. The molecule has 1 atom stereocenters. The number of aliphatic hydroxyl groups is 1. The summed E-state index contributed by atoms with van der Waals surface area (Å²) in [7, 11) is 0. The number of hydrogen-bond acceptors (Lipinski definition) is 2. The van der Waals surface area contributed by atoms with E-state index in [9.17, 15) is 5.11 Å². The van der Waals surface area contributed by atoms with Crippen LogP contribution in [-0.2, 0) is 4.74 Å². The number of ether oxygens (including phenoxy) is 1. The van der Waals surface area contributed by atoms with Gasteiger partial charge in [0.1, 0.15) is 6.10 Å². The Bertz CT molecular complexity index is 317. The van der Waals surface area contributed by atoms with Crippen molar-refractivity contribution in [2.45, 2.75) is 19.4 Å². The molecule has 1 rings (SSSR count). The maximum absolute atomic E-state index is 9.78. The van der Waals surface area contributed by atoms with Crippen molar-refractivity contribution in [1.82, 2.24) is 0 Å². The molecule has 0 heterocycles. The van der Waals surface area contributed by atoms with Crippen molar-refractivity contribution >= 4 is 34.2 Å². The Morgan fingerprint density at radius 2 is 2.27 bits per heavy atom. The molecule has 4 heteroatoms. The lowest BCUT2D eigenvalue weighted by Crippen LogP contribution is -2.07. The van der Waals surface area contributed by atoms with E-state index >= 15 is 0 Å². The maximum Gasteiger partial charge on any atom is 0.102 e. The molecule has 0 bridgehead atoms.